The van der Waals surface area contributed by atoms with Crippen molar-refractivity contribution in [2.45, 2.75) is 78.8 Å². The van der Waals surface area contributed by atoms with Gasteiger partial charge in [0.25, 0.3) is 11.8 Å². The van der Waals surface area contributed by atoms with E-state index >= 15 is 0 Å². The van der Waals surface area contributed by atoms with Crippen LogP contribution in [0.2, 0.25) is 0 Å². The van der Waals surface area contributed by atoms with E-state index in [0.29, 0.717) is 49.3 Å². The molecule has 0 aliphatic heterocycles. The molecule has 0 aromatic heterocycles. The number of carbonyl (C=O) groups excluding carboxylic acids is 2. The van der Waals surface area contributed by atoms with Crippen LogP contribution in [0.15, 0.2) is 60.7 Å². The summed E-state index contributed by atoms with van der Waals surface area (Å²) in [7, 11) is 0. The van der Waals surface area contributed by atoms with Crippen molar-refractivity contribution in [2.75, 3.05) is 19.6 Å². The smallest absolute Gasteiger partial charge is 0.253 e. The minimum Gasteiger partial charge on any atom is -0.349 e. The third kappa shape index (κ3) is 11.2. The second-order valence-corrected chi connectivity index (χ2v) is 11.2. The summed E-state index contributed by atoms with van der Waals surface area (Å²) in [5, 5.41) is 6.48. The van der Waals surface area contributed by atoms with Crippen LogP contribution in [-0.4, -0.2) is 42.4 Å². The molecule has 5 nitrogen and oxygen atoms in total. The first-order chi connectivity index (χ1) is 21.2. The fraction of sp³-hybridized carbons (Fsp3) is 0.405. The average Bonchev–Trinajstić information content (AvgIpc) is 2.98. The first-order valence-electron chi connectivity index (χ1n) is 15.7. The van der Waals surface area contributed by atoms with Crippen LogP contribution in [0.5, 0.6) is 0 Å². The third-order valence-corrected chi connectivity index (χ3v) is 7.13. The molecule has 3 aromatic carbocycles. The van der Waals surface area contributed by atoms with Crippen molar-refractivity contribution in [1.82, 2.24) is 15.5 Å². The van der Waals surface area contributed by atoms with Gasteiger partial charge in [-0.15, -0.1) is 0 Å². The Labute approximate surface area is 261 Å². The van der Waals surface area contributed by atoms with Gasteiger partial charge in [-0.3, -0.25) is 9.59 Å². The summed E-state index contributed by atoms with van der Waals surface area (Å²) in [6, 6.07) is 16.3. The van der Waals surface area contributed by atoms with E-state index in [-0.39, 0.29) is 18.2 Å². The van der Waals surface area contributed by atoms with E-state index in [9.17, 15) is 18.4 Å². The van der Waals surface area contributed by atoms with E-state index in [1.807, 2.05) is 43.9 Å². The number of halogens is 2. The van der Waals surface area contributed by atoms with Crippen molar-refractivity contribution < 1.29 is 18.4 Å². The number of rotatable bonds is 15. The van der Waals surface area contributed by atoms with Crippen molar-refractivity contribution in [2.24, 2.45) is 0 Å². The molecule has 0 saturated carbocycles. The maximum absolute atomic E-state index is 14.0. The standard InChI is InChI=1S/C37H45F2N3O2/c1-5-8-9-11-28-12-10-13-29(20-28)26-40-15-14-35(23-30-21-33(38)25-34(39)22-30)41-36(43)31-18-27(4)19-32(24-31)37(44)42(16-6-2)17-7-3/h10,12-13,18-22,24-25,35,40H,5-8,14-17,23,26H2,1-4H3,(H,41,43)/t35-/m1/s1. The molecule has 2 N–H and O–H groups in total. The van der Waals surface area contributed by atoms with Crippen molar-refractivity contribution in [1.29, 1.82) is 0 Å². The van der Waals surface area contributed by atoms with Crippen LogP contribution in [0, 0.1) is 30.4 Å². The molecule has 3 aromatic rings. The lowest BCUT2D eigenvalue weighted by atomic mass is 10.0. The maximum atomic E-state index is 14.0. The Morgan fingerprint density at radius 2 is 1.57 bits per heavy atom. The molecule has 0 unspecified atom stereocenters. The molecular formula is C37H45F2N3O2. The summed E-state index contributed by atoms with van der Waals surface area (Å²) >= 11 is 0. The zero-order chi connectivity index (χ0) is 31.9. The number of hydrogen-bond donors (Lipinski definition) is 2. The van der Waals surface area contributed by atoms with Crippen LogP contribution >= 0.6 is 0 Å². The zero-order valence-corrected chi connectivity index (χ0v) is 26.4. The lowest BCUT2D eigenvalue weighted by molar-refractivity contribution is 0.0755. The molecule has 0 heterocycles. The van der Waals surface area contributed by atoms with E-state index < -0.39 is 17.7 Å². The SMILES string of the molecule is CCCC#Cc1cccc(CNCC[C@H](Cc2cc(F)cc(F)c2)NC(=O)c2cc(C)cc(C(=O)N(CCC)CCC)c2)c1. The molecule has 0 bridgehead atoms. The van der Waals surface area contributed by atoms with Gasteiger partial charge in [-0.2, -0.15) is 0 Å². The molecule has 0 fully saturated rings. The van der Waals surface area contributed by atoms with Gasteiger partial charge in [-0.25, -0.2) is 8.78 Å². The quantitative estimate of drug-likeness (QED) is 0.143. The number of nitrogens with zero attached hydrogens (tertiary/aromatic N) is 1. The summed E-state index contributed by atoms with van der Waals surface area (Å²) in [6.07, 6.45) is 4.36. The first-order valence-corrected chi connectivity index (χ1v) is 15.7. The molecular weight excluding hydrogens is 556 g/mol. The number of hydrogen-bond acceptors (Lipinski definition) is 3. The highest BCUT2D eigenvalue weighted by Gasteiger charge is 2.20. The molecule has 7 heteroatoms. The van der Waals surface area contributed by atoms with Crippen molar-refractivity contribution >= 4 is 11.8 Å². The second kappa shape index (κ2) is 17.9. The minimum absolute atomic E-state index is 0.0946. The first kappa shape index (κ1) is 34.5. The van der Waals surface area contributed by atoms with Crippen molar-refractivity contribution in [3.8, 4) is 11.8 Å². The summed E-state index contributed by atoms with van der Waals surface area (Å²) in [5.74, 6) is 4.62. The molecule has 1 atom stereocenters. The van der Waals surface area contributed by atoms with Crippen LogP contribution < -0.4 is 10.6 Å². The van der Waals surface area contributed by atoms with Crippen LogP contribution in [0.4, 0.5) is 8.78 Å². The number of aryl methyl sites for hydroxylation is 1. The molecule has 0 radical (unpaired) electrons. The molecule has 0 aliphatic carbocycles. The van der Waals surface area contributed by atoms with Gasteiger partial charge in [-0.05, 0) is 105 Å². The largest absolute Gasteiger partial charge is 0.349 e. The maximum Gasteiger partial charge on any atom is 0.253 e. The average molecular weight is 602 g/mol. The van der Waals surface area contributed by atoms with Crippen LogP contribution in [0.25, 0.3) is 0 Å². The molecule has 0 spiro atoms. The predicted octanol–water partition coefficient (Wildman–Crippen LogP) is 7.21. The number of benzene rings is 3. The topological polar surface area (TPSA) is 61.4 Å². The van der Waals surface area contributed by atoms with Crippen molar-refractivity contribution in [3.05, 3.63) is 106 Å². The molecule has 2 amide bonds. The number of carbonyl (C=O) groups is 2. The molecule has 234 valence electrons. The Balaban J connectivity index is 1.73. The number of unbranched alkanes of at least 4 members (excludes halogenated alkanes) is 1. The van der Waals surface area contributed by atoms with Gasteiger partial charge < -0.3 is 15.5 Å². The van der Waals surface area contributed by atoms with Gasteiger partial charge >= 0.3 is 0 Å². The molecule has 44 heavy (non-hydrogen) atoms. The van der Waals surface area contributed by atoms with Gasteiger partial charge in [0, 0.05) is 54.9 Å². The fourth-order valence-corrected chi connectivity index (χ4v) is 5.14. The van der Waals surface area contributed by atoms with E-state index in [2.05, 4.69) is 35.5 Å². The highest BCUT2D eigenvalue weighted by atomic mass is 19.1. The summed E-state index contributed by atoms with van der Waals surface area (Å²) in [4.78, 5) is 28.6. The van der Waals surface area contributed by atoms with E-state index in [4.69, 9.17) is 0 Å². The molecule has 0 aliphatic rings. The second-order valence-electron chi connectivity index (χ2n) is 11.2. The van der Waals surface area contributed by atoms with Gasteiger partial charge in [0.2, 0.25) is 0 Å². The fourth-order valence-electron chi connectivity index (χ4n) is 5.14. The Morgan fingerprint density at radius 1 is 0.864 bits per heavy atom. The lowest BCUT2D eigenvalue weighted by Gasteiger charge is -2.23. The number of nitrogens with one attached hydrogen (secondary N) is 2. The number of amides is 2. The predicted molar refractivity (Wildman–Crippen MR) is 174 cm³/mol. The molecule has 3 rings (SSSR count). The van der Waals surface area contributed by atoms with Crippen LogP contribution in [0.1, 0.15) is 95.8 Å². The highest BCUT2D eigenvalue weighted by molar-refractivity contribution is 6.00. The van der Waals surface area contributed by atoms with Gasteiger partial charge in [0.05, 0.1) is 0 Å². The van der Waals surface area contributed by atoms with Gasteiger partial charge in [0.1, 0.15) is 11.6 Å². The van der Waals surface area contributed by atoms with Crippen LogP contribution in [-0.2, 0) is 13.0 Å². The summed E-state index contributed by atoms with van der Waals surface area (Å²) in [6.45, 7) is 10.5. The van der Waals surface area contributed by atoms with Crippen LogP contribution in [0.3, 0.4) is 0 Å². The summed E-state index contributed by atoms with van der Waals surface area (Å²) < 4.78 is 28.0. The van der Waals surface area contributed by atoms with Gasteiger partial charge in [-0.1, -0.05) is 44.7 Å². The van der Waals surface area contributed by atoms with Gasteiger partial charge in [0.15, 0.2) is 0 Å². The normalized spacial score (nSPS) is 11.4. The van der Waals surface area contributed by atoms with E-state index in [1.54, 1.807) is 18.2 Å². The molecule has 0 saturated heterocycles. The minimum atomic E-state index is -0.657. The van der Waals surface area contributed by atoms with E-state index in [1.165, 1.54) is 12.1 Å². The Morgan fingerprint density at radius 3 is 2.25 bits per heavy atom. The summed E-state index contributed by atoms with van der Waals surface area (Å²) in [5.41, 5.74) is 4.19. The monoisotopic (exact) mass is 601 g/mol. The van der Waals surface area contributed by atoms with Crippen molar-refractivity contribution in [3.63, 3.8) is 0 Å². The Bertz CT molecular complexity index is 1430. The lowest BCUT2D eigenvalue weighted by Crippen LogP contribution is -2.39. The van der Waals surface area contributed by atoms with E-state index in [0.717, 1.165) is 48.4 Å². The third-order valence-electron chi connectivity index (χ3n) is 7.13. The highest BCUT2D eigenvalue weighted by Crippen LogP contribution is 2.16. The zero-order valence-electron chi connectivity index (χ0n) is 26.4. The Hall–Kier alpha value is -4.02. The Kier molecular flexibility index (Phi) is 14.1.